The lowest BCUT2D eigenvalue weighted by Gasteiger charge is -2.22. The number of nitrogens with one attached hydrogen (secondary N) is 1. The molecule has 0 aliphatic carbocycles. The molecule has 0 spiro atoms. The van der Waals surface area contributed by atoms with Gasteiger partial charge < -0.3 is 11.1 Å². The van der Waals surface area contributed by atoms with Crippen molar-refractivity contribution in [1.82, 2.24) is 4.90 Å². The van der Waals surface area contributed by atoms with Gasteiger partial charge in [-0.3, -0.25) is 9.69 Å². The molecule has 4 nitrogen and oxygen atoms in total. The maximum atomic E-state index is 12.0. The second kappa shape index (κ2) is 6.45. The molecule has 1 aliphatic rings. The van der Waals surface area contributed by atoms with Crippen molar-refractivity contribution in [3.63, 3.8) is 0 Å². The van der Waals surface area contributed by atoms with E-state index >= 15 is 0 Å². The fourth-order valence-corrected chi connectivity index (χ4v) is 2.93. The zero-order chi connectivity index (χ0) is 13.8. The van der Waals surface area contributed by atoms with E-state index in [1.807, 2.05) is 29.2 Å². The summed E-state index contributed by atoms with van der Waals surface area (Å²) >= 11 is 8.44. The van der Waals surface area contributed by atoms with Gasteiger partial charge in [0.15, 0.2) is 0 Å². The second-order valence-electron chi connectivity index (χ2n) is 4.56. The molecule has 1 aliphatic heterocycles. The number of anilines is 1. The van der Waals surface area contributed by atoms with Gasteiger partial charge in [-0.2, -0.15) is 0 Å². The van der Waals surface area contributed by atoms with Crippen molar-refractivity contribution in [3.05, 3.63) is 28.7 Å². The molecule has 1 unspecified atom stereocenters. The van der Waals surface area contributed by atoms with Gasteiger partial charge in [0.2, 0.25) is 5.91 Å². The Morgan fingerprint density at radius 1 is 1.53 bits per heavy atom. The number of rotatable bonds is 4. The minimum absolute atomic E-state index is 0.0462. The molecule has 6 heteroatoms. The van der Waals surface area contributed by atoms with Crippen LogP contribution in [0.1, 0.15) is 12.8 Å². The standard InChI is InChI=1S/C13H16BrN3OS/c14-9-4-1-2-5-10(9)16-12(18)8-17-7-3-6-11(17)13(15)19/h1-2,4-5,11H,3,6-8H2,(H2,15,19)(H,16,18). The molecule has 1 atom stereocenters. The number of likely N-dealkylation sites (tertiary alicyclic amines) is 1. The highest BCUT2D eigenvalue weighted by Crippen LogP contribution is 2.22. The first kappa shape index (κ1) is 14.4. The van der Waals surface area contributed by atoms with Crippen LogP contribution in [0, 0.1) is 0 Å². The molecule has 0 saturated carbocycles. The predicted octanol–water partition coefficient (Wildman–Crippen LogP) is 2.14. The van der Waals surface area contributed by atoms with Gasteiger partial charge >= 0.3 is 0 Å². The minimum Gasteiger partial charge on any atom is -0.392 e. The average molecular weight is 342 g/mol. The van der Waals surface area contributed by atoms with E-state index in [0.717, 1.165) is 29.5 Å². The smallest absolute Gasteiger partial charge is 0.238 e. The van der Waals surface area contributed by atoms with Crippen molar-refractivity contribution >= 4 is 44.7 Å². The lowest BCUT2D eigenvalue weighted by molar-refractivity contribution is -0.117. The number of nitrogens with two attached hydrogens (primary N) is 1. The molecule has 1 aromatic rings. The van der Waals surface area contributed by atoms with Crippen LogP contribution in [0.15, 0.2) is 28.7 Å². The van der Waals surface area contributed by atoms with Crippen molar-refractivity contribution in [2.24, 2.45) is 5.73 Å². The lowest BCUT2D eigenvalue weighted by atomic mass is 10.2. The van der Waals surface area contributed by atoms with Crippen molar-refractivity contribution in [3.8, 4) is 0 Å². The Bertz CT molecular complexity index is 495. The minimum atomic E-state index is -0.0462. The van der Waals surface area contributed by atoms with Crippen LogP contribution in [0.2, 0.25) is 0 Å². The fraction of sp³-hybridized carbons (Fsp3) is 0.385. The van der Waals surface area contributed by atoms with Gasteiger partial charge in [-0.05, 0) is 47.4 Å². The summed E-state index contributed by atoms with van der Waals surface area (Å²) in [5.41, 5.74) is 6.47. The number of nitrogens with zero attached hydrogens (tertiary/aromatic N) is 1. The van der Waals surface area contributed by atoms with Crippen LogP contribution in [0.25, 0.3) is 0 Å². The number of carbonyl (C=O) groups is 1. The van der Waals surface area contributed by atoms with Crippen LogP contribution in [0.4, 0.5) is 5.69 Å². The van der Waals surface area contributed by atoms with Crippen LogP contribution in [-0.2, 0) is 4.79 Å². The van der Waals surface area contributed by atoms with E-state index in [0.29, 0.717) is 11.5 Å². The summed E-state index contributed by atoms with van der Waals surface area (Å²) in [4.78, 5) is 14.5. The lowest BCUT2D eigenvalue weighted by Crippen LogP contribution is -2.43. The number of carbonyl (C=O) groups excluding carboxylic acids is 1. The molecule has 2 rings (SSSR count). The summed E-state index contributed by atoms with van der Waals surface area (Å²) in [7, 11) is 0. The number of benzene rings is 1. The molecule has 0 bridgehead atoms. The second-order valence-corrected chi connectivity index (χ2v) is 5.88. The van der Waals surface area contributed by atoms with Gasteiger partial charge in [0.25, 0.3) is 0 Å². The summed E-state index contributed by atoms with van der Waals surface area (Å²) in [6, 6.07) is 7.59. The number of hydrogen-bond acceptors (Lipinski definition) is 3. The highest BCUT2D eigenvalue weighted by atomic mass is 79.9. The molecule has 1 fully saturated rings. The predicted molar refractivity (Wildman–Crippen MR) is 84.2 cm³/mol. The van der Waals surface area contributed by atoms with Crippen molar-refractivity contribution in [1.29, 1.82) is 0 Å². The summed E-state index contributed by atoms with van der Waals surface area (Å²) in [5.74, 6) is -0.0462. The highest BCUT2D eigenvalue weighted by Gasteiger charge is 2.28. The third-order valence-corrected chi connectivity index (χ3v) is 4.15. The number of amides is 1. The SMILES string of the molecule is NC(=S)C1CCCN1CC(=O)Nc1ccccc1Br. The first-order chi connectivity index (χ1) is 9.08. The maximum absolute atomic E-state index is 12.0. The van der Waals surface area contributed by atoms with Crippen LogP contribution in [-0.4, -0.2) is 34.9 Å². The topological polar surface area (TPSA) is 58.4 Å². The molecule has 0 radical (unpaired) electrons. The van der Waals surface area contributed by atoms with E-state index in [-0.39, 0.29) is 11.9 Å². The van der Waals surface area contributed by atoms with E-state index in [4.69, 9.17) is 18.0 Å². The maximum Gasteiger partial charge on any atom is 0.238 e. The van der Waals surface area contributed by atoms with Crippen LogP contribution >= 0.6 is 28.1 Å². The van der Waals surface area contributed by atoms with Gasteiger partial charge in [-0.1, -0.05) is 24.4 Å². The molecule has 1 amide bonds. The van der Waals surface area contributed by atoms with Gasteiger partial charge in [0.1, 0.15) is 0 Å². The van der Waals surface area contributed by atoms with Crippen molar-refractivity contribution in [2.45, 2.75) is 18.9 Å². The van der Waals surface area contributed by atoms with E-state index in [2.05, 4.69) is 21.2 Å². The van der Waals surface area contributed by atoms with E-state index < -0.39 is 0 Å². The van der Waals surface area contributed by atoms with Gasteiger partial charge in [-0.15, -0.1) is 0 Å². The largest absolute Gasteiger partial charge is 0.392 e. The monoisotopic (exact) mass is 341 g/mol. The van der Waals surface area contributed by atoms with Crippen LogP contribution in [0.5, 0.6) is 0 Å². The molecule has 1 saturated heterocycles. The molecule has 1 heterocycles. The quantitative estimate of drug-likeness (QED) is 0.823. The van der Waals surface area contributed by atoms with E-state index in [1.54, 1.807) is 0 Å². The van der Waals surface area contributed by atoms with Crippen molar-refractivity contribution in [2.75, 3.05) is 18.4 Å². The molecule has 19 heavy (non-hydrogen) atoms. The third-order valence-electron chi connectivity index (χ3n) is 3.19. The summed E-state index contributed by atoms with van der Waals surface area (Å²) < 4.78 is 0.871. The molecule has 102 valence electrons. The van der Waals surface area contributed by atoms with Crippen LogP contribution in [0.3, 0.4) is 0 Å². The summed E-state index contributed by atoms with van der Waals surface area (Å²) in [6.45, 7) is 1.19. The molecular weight excluding hydrogens is 326 g/mol. The Hall–Kier alpha value is -0.980. The fourth-order valence-electron chi connectivity index (χ4n) is 2.27. The number of halogens is 1. The van der Waals surface area contributed by atoms with Gasteiger partial charge in [0.05, 0.1) is 23.3 Å². The van der Waals surface area contributed by atoms with Gasteiger partial charge in [-0.25, -0.2) is 0 Å². The zero-order valence-corrected chi connectivity index (χ0v) is 12.8. The highest BCUT2D eigenvalue weighted by molar-refractivity contribution is 9.10. The average Bonchev–Trinajstić information content (AvgIpc) is 2.80. The Labute approximate surface area is 126 Å². The Morgan fingerprint density at radius 3 is 2.95 bits per heavy atom. The molecular formula is C13H16BrN3OS. The molecule has 1 aromatic carbocycles. The first-order valence-corrected chi connectivity index (χ1v) is 7.36. The zero-order valence-electron chi connectivity index (χ0n) is 10.4. The Morgan fingerprint density at radius 2 is 2.26 bits per heavy atom. The molecule has 0 aromatic heterocycles. The van der Waals surface area contributed by atoms with Crippen LogP contribution < -0.4 is 11.1 Å². The normalized spacial score (nSPS) is 19.3. The van der Waals surface area contributed by atoms with E-state index in [9.17, 15) is 4.79 Å². The Balaban J connectivity index is 1.95. The molecule has 3 N–H and O–H groups in total. The van der Waals surface area contributed by atoms with Gasteiger partial charge in [0, 0.05) is 4.47 Å². The Kier molecular flexibility index (Phi) is 4.90. The van der Waals surface area contributed by atoms with E-state index in [1.165, 1.54) is 0 Å². The number of para-hydroxylation sites is 1. The summed E-state index contributed by atoms with van der Waals surface area (Å²) in [6.07, 6.45) is 1.97. The number of thiocarbonyl (C=S) groups is 1. The first-order valence-electron chi connectivity index (χ1n) is 6.15. The third kappa shape index (κ3) is 3.75. The number of hydrogen-bond donors (Lipinski definition) is 2. The van der Waals surface area contributed by atoms with Crippen molar-refractivity contribution < 1.29 is 4.79 Å². The summed E-state index contributed by atoms with van der Waals surface area (Å²) in [5, 5.41) is 2.88.